The van der Waals surface area contributed by atoms with Gasteiger partial charge in [0.1, 0.15) is 11.1 Å². The van der Waals surface area contributed by atoms with E-state index in [1.165, 1.54) is 0 Å². The van der Waals surface area contributed by atoms with Crippen molar-refractivity contribution in [1.82, 2.24) is 4.98 Å². The van der Waals surface area contributed by atoms with Gasteiger partial charge in [-0.25, -0.2) is 4.98 Å². The number of nitrogens with zero attached hydrogens (tertiary/aromatic N) is 2. The summed E-state index contributed by atoms with van der Waals surface area (Å²) in [4.78, 5) is 4.62. The van der Waals surface area contributed by atoms with Gasteiger partial charge in [-0.05, 0) is 18.2 Å². The summed E-state index contributed by atoms with van der Waals surface area (Å²) in [6.07, 6.45) is 0. The summed E-state index contributed by atoms with van der Waals surface area (Å²) < 4.78 is 0. The van der Waals surface area contributed by atoms with Gasteiger partial charge in [0.2, 0.25) is 0 Å². The molecule has 104 valence electrons. The number of nitriles is 1. The predicted octanol–water partition coefficient (Wildman–Crippen LogP) is 4.58. The summed E-state index contributed by atoms with van der Waals surface area (Å²) in [6.45, 7) is 7.11. The van der Waals surface area contributed by atoms with E-state index in [0.29, 0.717) is 17.1 Å². The molecule has 1 N–H and O–H groups in total. The monoisotopic (exact) mass is 305 g/mol. The van der Waals surface area contributed by atoms with Gasteiger partial charge in [0.15, 0.2) is 0 Å². The molecule has 0 aliphatic rings. The number of aromatic nitrogens is 1. The lowest BCUT2D eigenvalue weighted by Crippen LogP contribution is -2.11. The highest BCUT2D eigenvalue weighted by Gasteiger charge is 2.17. The van der Waals surface area contributed by atoms with E-state index < -0.39 is 0 Å². The average molecular weight is 306 g/mol. The molecule has 0 bridgehead atoms. The largest absolute Gasteiger partial charge is 0.378 e. The fraction of sp³-hybridized carbons (Fsp3) is 0.333. The van der Waals surface area contributed by atoms with Crippen LogP contribution in [-0.2, 0) is 12.0 Å². The molecular formula is C15H16ClN3S. The van der Waals surface area contributed by atoms with Crippen molar-refractivity contribution in [2.45, 2.75) is 32.7 Å². The zero-order chi connectivity index (χ0) is 14.8. The van der Waals surface area contributed by atoms with Gasteiger partial charge < -0.3 is 5.32 Å². The molecule has 0 aliphatic heterocycles. The molecule has 0 unspecified atom stereocenters. The molecule has 0 aliphatic carbocycles. The van der Waals surface area contributed by atoms with Crippen molar-refractivity contribution in [3.63, 3.8) is 0 Å². The highest BCUT2D eigenvalue weighted by molar-refractivity contribution is 7.09. The molecule has 2 rings (SSSR count). The van der Waals surface area contributed by atoms with Crippen LogP contribution >= 0.6 is 22.9 Å². The third-order valence-corrected chi connectivity index (χ3v) is 4.01. The number of thiazole rings is 1. The highest BCUT2D eigenvalue weighted by Crippen LogP contribution is 2.25. The first-order chi connectivity index (χ1) is 9.40. The molecule has 1 aromatic carbocycles. The molecule has 0 saturated carbocycles. The summed E-state index contributed by atoms with van der Waals surface area (Å²) >= 11 is 7.65. The van der Waals surface area contributed by atoms with Crippen LogP contribution in [0.4, 0.5) is 5.69 Å². The number of benzene rings is 1. The van der Waals surface area contributed by atoms with E-state index in [-0.39, 0.29) is 5.41 Å². The van der Waals surface area contributed by atoms with Crippen LogP contribution in [0.1, 0.15) is 37.0 Å². The Labute approximate surface area is 128 Å². The van der Waals surface area contributed by atoms with Gasteiger partial charge >= 0.3 is 0 Å². The quantitative estimate of drug-likeness (QED) is 0.903. The number of hydrogen-bond donors (Lipinski definition) is 1. The Morgan fingerprint density at radius 1 is 1.40 bits per heavy atom. The molecule has 20 heavy (non-hydrogen) atoms. The molecule has 3 nitrogen and oxygen atoms in total. The third-order valence-electron chi connectivity index (χ3n) is 2.85. The lowest BCUT2D eigenvalue weighted by atomic mass is 9.93. The van der Waals surface area contributed by atoms with Crippen LogP contribution in [0, 0.1) is 11.3 Å². The first kappa shape index (κ1) is 14.8. The zero-order valence-electron chi connectivity index (χ0n) is 11.7. The number of anilines is 1. The topological polar surface area (TPSA) is 48.7 Å². The molecule has 2 aromatic rings. The Morgan fingerprint density at radius 3 is 2.70 bits per heavy atom. The maximum atomic E-state index is 8.83. The van der Waals surface area contributed by atoms with Gasteiger partial charge in [-0.3, -0.25) is 0 Å². The molecule has 0 radical (unpaired) electrons. The van der Waals surface area contributed by atoms with Crippen LogP contribution < -0.4 is 5.32 Å². The maximum Gasteiger partial charge on any atom is 0.112 e. The van der Waals surface area contributed by atoms with E-state index in [9.17, 15) is 0 Å². The van der Waals surface area contributed by atoms with Gasteiger partial charge in [-0.2, -0.15) is 5.26 Å². The molecule has 0 atom stereocenters. The van der Waals surface area contributed by atoms with Crippen molar-refractivity contribution < 1.29 is 0 Å². The minimum absolute atomic E-state index is 0.0759. The van der Waals surface area contributed by atoms with Crippen LogP contribution in [0.25, 0.3) is 0 Å². The molecule has 0 amide bonds. The number of halogens is 1. The minimum atomic E-state index is 0.0759. The van der Waals surface area contributed by atoms with E-state index in [1.54, 1.807) is 23.5 Å². The van der Waals surface area contributed by atoms with Crippen molar-refractivity contribution in [2.75, 3.05) is 5.32 Å². The van der Waals surface area contributed by atoms with Crippen LogP contribution in [0.5, 0.6) is 0 Å². The number of hydrogen-bond acceptors (Lipinski definition) is 4. The number of nitrogens with one attached hydrogen (secondary N) is 1. The standard InChI is InChI=1S/C15H16ClN3S/c1-15(2,3)13-9-20-14(19-13)8-18-11-5-4-10(7-17)12(16)6-11/h4-6,9,18H,8H2,1-3H3. The van der Waals surface area contributed by atoms with Crippen LogP contribution in [0.3, 0.4) is 0 Å². The molecule has 5 heteroatoms. The second-order valence-electron chi connectivity index (χ2n) is 5.54. The van der Waals surface area contributed by atoms with Gasteiger partial charge in [0, 0.05) is 16.5 Å². The Bertz CT molecular complexity index is 650. The summed E-state index contributed by atoms with van der Waals surface area (Å²) in [5.74, 6) is 0. The summed E-state index contributed by atoms with van der Waals surface area (Å²) in [5.41, 5.74) is 2.56. The van der Waals surface area contributed by atoms with Gasteiger partial charge in [0.25, 0.3) is 0 Å². The van der Waals surface area contributed by atoms with E-state index in [0.717, 1.165) is 16.4 Å². The zero-order valence-corrected chi connectivity index (χ0v) is 13.3. The van der Waals surface area contributed by atoms with Crippen molar-refractivity contribution in [3.05, 3.63) is 44.9 Å². The molecule has 1 heterocycles. The second kappa shape index (κ2) is 5.82. The molecule has 0 fully saturated rings. The van der Waals surface area contributed by atoms with Crippen molar-refractivity contribution in [2.24, 2.45) is 0 Å². The molecule has 0 saturated heterocycles. The lowest BCUT2D eigenvalue weighted by Gasteiger charge is -2.14. The fourth-order valence-electron chi connectivity index (χ4n) is 1.63. The predicted molar refractivity (Wildman–Crippen MR) is 84.3 cm³/mol. The van der Waals surface area contributed by atoms with Crippen molar-refractivity contribution in [1.29, 1.82) is 5.26 Å². The first-order valence-electron chi connectivity index (χ1n) is 6.28. The van der Waals surface area contributed by atoms with Crippen LogP contribution in [0.15, 0.2) is 23.6 Å². The lowest BCUT2D eigenvalue weighted by molar-refractivity contribution is 0.571. The van der Waals surface area contributed by atoms with E-state index in [4.69, 9.17) is 16.9 Å². The minimum Gasteiger partial charge on any atom is -0.378 e. The van der Waals surface area contributed by atoms with E-state index in [2.05, 4.69) is 36.5 Å². The average Bonchev–Trinajstić information content (AvgIpc) is 2.85. The van der Waals surface area contributed by atoms with Gasteiger partial charge in [-0.1, -0.05) is 32.4 Å². The van der Waals surface area contributed by atoms with Crippen LogP contribution in [0.2, 0.25) is 5.02 Å². The molecule has 1 aromatic heterocycles. The Hall–Kier alpha value is -1.57. The van der Waals surface area contributed by atoms with E-state index in [1.807, 2.05) is 12.1 Å². The smallest absolute Gasteiger partial charge is 0.112 e. The Morgan fingerprint density at radius 2 is 2.15 bits per heavy atom. The van der Waals surface area contributed by atoms with Gasteiger partial charge in [-0.15, -0.1) is 11.3 Å². The van der Waals surface area contributed by atoms with Gasteiger partial charge in [0.05, 0.1) is 22.8 Å². The fourth-order valence-corrected chi connectivity index (χ4v) is 2.81. The second-order valence-corrected chi connectivity index (χ2v) is 6.89. The van der Waals surface area contributed by atoms with Crippen molar-refractivity contribution >= 4 is 28.6 Å². The number of rotatable bonds is 3. The Balaban J connectivity index is 2.04. The first-order valence-corrected chi connectivity index (χ1v) is 7.54. The molecule has 0 spiro atoms. The normalized spacial score (nSPS) is 11.2. The van der Waals surface area contributed by atoms with E-state index >= 15 is 0 Å². The summed E-state index contributed by atoms with van der Waals surface area (Å²) in [5, 5.41) is 15.7. The third kappa shape index (κ3) is 3.50. The summed E-state index contributed by atoms with van der Waals surface area (Å²) in [7, 11) is 0. The van der Waals surface area contributed by atoms with Crippen LogP contribution in [-0.4, -0.2) is 4.98 Å². The Kier molecular flexibility index (Phi) is 4.32. The van der Waals surface area contributed by atoms with Crippen molar-refractivity contribution in [3.8, 4) is 6.07 Å². The molecular weight excluding hydrogens is 290 g/mol. The highest BCUT2D eigenvalue weighted by atomic mass is 35.5. The SMILES string of the molecule is CC(C)(C)c1csc(CNc2ccc(C#N)c(Cl)c2)n1. The maximum absolute atomic E-state index is 8.83. The summed E-state index contributed by atoms with van der Waals surface area (Å²) in [6, 6.07) is 7.37.